The first kappa shape index (κ1) is 15.1. The summed E-state index contributed by atoms with van der Waals surface area (Å²) < 4.78 is 1.16. The fraction of sp³-hybridized carbons (Fsp3) is 0.333. The summed E-state index contributed by atoms with van der Waals surface area (Å²) in [6, 6.07) is 17.1. The molecule has 0 aliphatic heterocycles. The Morgan fingerprint density at radius 2 is 1.70 bits per heavy atom. The normalized spacial score (nSPS) is 10.5. The highest BCUT2D eigenvalue weighted by Gasteiger charge is 1.99. The molecule has 0 aliphatic rings. The zero-order valence-electron chi connectivity index (χ0n) is 12.0. The maximum atomic E-state index is 3.58. The quantitative estimate of drug-likeness (QED) is 0.632. The highest BCUT2D eigenvalue weighted by Crippen LogP contribution is 2.18. The first-order chi connectivity index (χ1) is 9.79. The van der Waals surface area contributed by atoms with Gasteiger partial charge < -0.3 is 5.32 Å². The van der Waals surface area contributed by atoms with Crippen LogP contribution in [0.2, 0.25) is 0 Å². The van der Waals surface area contributed by atoms with Gasteiger partial charge in [-0.2, -0.15) is 0 Å². The molecule has 0 radical (unpaired) electrons. The second kappa shape index (κ2) is 8.11. The zero-order chi connectivity index (χ0) is 14.2. The zero-order valence-corrected chi connectivity index (χ0v) is 13.6. The molecule has 0 unspecified atom stereocenters. The molecule has 0 saturated carbocycles. The number of halogens is 1. The van der Waals surface area contributed by atoms with E-state index in [9.17, 15) is 0 Å². The van der Waals surface area contributed by atoms with Crippen LogP contribution in [-0.2, 0) is 13.0 Å². The summed E-state index contributed by atoms with van der Waals surface area (Å²) >= 11 is 3.58. The number of rotatable bonds is 7. The summed E-state index contributed by atoms with van der Waals surface area (Å²) in [5.74, 6) is 0. The van der Waals surface area contributed by atoms with E-state index in [4.69, 9.17) is 0 Å². The molecule has 2 heteroatoms. The highest BCUT2D eigenvalue weighted by molar-refractivity contribution is 9.10. The molecule has 1 nitrogen and oxygen atoms in total. The van der Waals surface area contributed by atoms with Gasteiger partial charge in [0.15, 0.2) is 0 Å². The lowest BCUT2D eigenvalue weighted by Gasteiger charge is -2.09. The van der Waals surface area contributed by atoms with Gasteiger partial charge in [0.25, 0.3) is 0 Å². The van der Waals surface area contributed by atoms with Crippen molar-refractivity contribution in [2.75, 3.05) is 5.32 Å². The molecule has 2 aromatic rings. The van der Waals surface area contributed by atoms with Crippen LogP contribution in [-0.4, -0.2) is 0 Å². The third kappa shape index (κ3) is 4.68. The maximum absolute atomic E-state index is 3.58. The predicted octanol–water partition coefficient (Wildman–Crippen LogP) is 5.79. The Morgan fingerprint density at radius 3 is 2.40 bits per heavy atom. The fourth-order valence-electron chi connectivity index (χ4n) is 2.21. The first-order valence-corrected chi connectivity index (χ1v) is 8.15. The van der Waals surface area contributed by atoms with Gasteiger partial charge in [0.2, 0.25) is 0 Å². The Labute approximate surface area is 130 Å². The minimum absolute atomic E-state index is 0.844. The van der Waals surface area contributed by atoms with Gasteiger partial charge in [-0.25, -0.2) is 0 Å². The van der Waals surface area contributed by atoms with Crippen LogP contribution in [0.25, 0.3) is 0 Å². The molecule has 2 aromatic carbocycles. The molecule has 0 aliphatic carbocycles. The third-order valence-corrected chi connectivity index (χ3v) is 4.24. The number of hydrogen-bond acceptors (Lipinski definition) is 1. The maximum Gasteiger partial charge on any atom is 0.0411 e. The smallest absolute Gasteiger partial charge is 0.0411 e. The van der Waals surface area contributed by atoms with E-state index in [0.29, 0.717) is 0 Å². The lowest BCUT2D eigenvalue weighted by Crippen LogP contribution is -2.00. The van der Waals surface area contributed by atoms with Crippen LogP contribution in [0.15, 0.2) is 53.0 Å². The van der Waals surface area contributed by atoms with Gasteiger partial charge in [-0.1, -0.05) is 66.0 Å². The molecule has 106 valence electrons. The van der Waals surface area contributed by atoms with Crippen molar-refractivity contribution >= 4 is 21.6 Å². The van der Waals surface area contributed by atoms with Crippen molar-refractivity contribution in [3.63, 3.8) is 0 Å². The van der Waals surface area contributed by atoms with Gasteiger partial charge in [-0.05, 0) is 42.2 Å². The minimum Gasteiger partial charge on any atom is -0.381 e. The SMILES string of the molecule is CCCCCc1ccc(NCc2ccccc2Br)cc1. The number of anilines is 1. The Bertz CT molecular complexity index is 519. The van der Waals surface area contributed by atoms with E-state index < -0.39 is 0 Å². The molecule has 20 heavy (non-hydrogen) atoms. The van der Waals surface area contributed by atoms with E-state index >= 15 is 0 Å². The van der Waals surface area contributed by atoms with E-state index in [1.165, 1.54) is 42.5 Å². The summed E-state index contributed by atoms with van der Waals surface area (Å²) in [6.07, 6.45) is 5.09. The average molecular weight is 332 g/mol. The second-order valence-electron chi connectivity index (χ2n) is 5.10. The number of benzene rings is 2. The second-order valence-corrected chi connectivity index (χ2v) is 5.95. The van der Waals surface area contributed by atoms with Crippen molar-refractivity contribution < 1.29 is 0 Å². The van der Waals surface area contributed by atoms with Gasteiger partial charge in [0.1, 0.15) is 0 Å². The molecule has 0 heterocycles. The Hall–Kier alpha value is -1.28. The van der Waals surface area contributed by atoms with Gasteiger partial charge >= 0.3 is 0 Å². The topological polar surface area (TPSA) is 12.0 Å². The number of hydrogen-bond donors (Lipinski definition) is 1. The molecule has 0 bridgehead atoms. The molecule has 0 aromatic heterocycles. The van der Waals surface area contributed by atoms with E-state index in [1.54, 1.807) is 0 Å². The summed E-state index contributed by atoms with van der Waals surface area (Å²) in [6.45, 7) is 3.09. The highest BCUT2D eigenvalue weighted by atomic mass is 79.9. The predicted molar refractivity (Wildman–Crippen MR) is 91.1 cm³/mol. The van der Waals surface area contributed by atoms with Crippen molar-refractivity contribution in [1.82, 2.24) is 0 Å². The van der Waals surface area contributed by atoms with E-state index in [2.05, 4.69) is 70.6 Å². The summed E-state index contributed by atoms with van der Waals surface area (Å²) in [5.41, 5.74) is 3.89. The van der Waals surface area contributed by atoms with Crippen LogP contribution in [0.4, 0.5) is 5.69 Å². The van der Waals surface area contributed by atoms with Gasteiger partial charge in [0, 0.05) is 16.7 Å². The number of aryl methyl sites for hydroxylation is 1. The van der Waals surface area contributed by atoms with Crippen molar-refractivity contribution in [2.24, 2.45) is 0 Å². The molecule has 2 rings (SSSR count). The van der Waals surface area contributed by atoms with Crippen LogP contribution >= 0.6 is 15.9 Å². The lowest BCUT2D eigenvalue weighted by molar-refractivity contribution is 0.717. The summed E-state index contributed by atoms with van der Waals surface area (Å²) in [4.78, 5) is 0. The Balaban J connectivity index is 1.86. The van der Waals surface area contributed by atoms with Crippen LogP contribution < -0.4 is 5.32 Å². The van der Waals surface area contributed by atoms with Crippen LogP contribution in [0.5, 0.6) is 0 Å². The summed E-state index contributed by atoms with van der Waals surface area (Å²) in [5, 5.41) is 3.47. The largest absolute Gasteiger partial charge is 0.381 e. The molecular weight excluding hydrogens is 310 g/mol. The van der Waals surface area contributed by atoms with Crippen LogP contribution in [0, 0.1) is 0 Å². The first-order valence-electron chi connectivity index (χ1n) is 7.36. The van der Waals surface area contributed by atoms with Crippen molar-refractivity contribution in [2.45, 2.75) is 39.2 Å². The molecule has 0 saturated heterocycles. The molecule has 0 spiro atoms. The van der Waals surface area contributed by atoms with Crippen molar-refractivity contribution in [3.8, 4) is 0 Å². The standard InChI is InChI=1S/C18H22BrN/c1-2-3-4-7-15-10-12-17(13-11-15)20-14-16-8-5-6-9-18(16)19/h5-6,8-13,20H,2-4,7,14H2,1H3. The van der Waals surface area contributed by atoms with E-state index in [0.717, 1.165) is 11.0 Å². The number of unbranched alkanes of at least 4 members (excludes halogenated alkanes) is 2. The summed E-state index contributed by atoms with van der Waals surface area (Å²) in [7, 11) is 0. The number of nitrogens with one attached hydrogen (secondary N) is 1. The van der Waals surface area contributed by atoms with Crippen molar-refractivity contribution in [3.05, 3.63) is 64.1 Å². The molecule has 1 N–H and O–H groups in total. The van der Waals surface area contributed by atoms with Crippen molar-refractivity contribution in [1.29, 1.82) is 0 Å². The van der Waals surface area contributed by atoms with E-state index in [-0.39, 0.29) is 0 Å². The van der Waals surface area contributed by atoms with Crippen LogP contribution in [0.3, 0.4) is 0 Å². The molecular formula is C18H22BrN. The third-order valence-electron chi connectivity index (χ3n) is 3.46. The Morgan fingerprint density at radius 1 is 0.950 bits per heavy atom. The lowest BCUT2D eigenvalue weighted by atomic mass is 10.1. The Kier molecular flexibility index (Phi) is 6.13. The molecule has 0 atom stereocenters. The van der Waals surface area contributed by atoms with Gasteiger partial charge in [0.05, 0.1) is 0 Å². The average Bonchev–Trinajstić information content (AvgIpc) is 2.48. The van der Waals surface area contributed by atoms with Gasteiger partial charge in [-0.15, -0.1) is 0 Å². The molecule has 0 fully saturated rings. The molecule has 0 amide bonds. The van der Waals surface area contributed by atoms with E-state index in [1.807, 2.05) is 6.07 Å². The monoisotopic (exact) mass is 331 g/mol. The van der Waals surface area contributed by atoms with Crippen LogP contribution in [0.1, 0.15) is 37.3 Å². The fourth-order valence-corrected chi connectivity index (χ4v) is 2.63. The minimum atomic E-state index is 0.844. The van der Waals surface area contributed by atoms with Gasteiger partial charge in [-0.3, -0.25) is 0 Å².